The molecule has 0 radical (unpaired) electrons. The molecule has 1 unspecified atom stereocenters. The summed E-state index contributed by atoms with van der Waals surface area (Å²) >= 11 is 0. The summed E-state index contributed by atoms with van der Waals surface area (Å²) in [6.45, 7) is 9.47. The van der Waals surface area contributed by atoms with E-state index in [2.05, 4.69) is 88.4 Å². The van der Waals surface area contributed by atoms with Crippen molar-refractivity contribution < 1.29 is 4.21 Å². The largest absolute Gasteiger partial charge is 0.255 e. The third-order valence-corrected chi connectivity index (χ3v) is 8.81. The molecule has 0 amide bonds. The molecule has 0 bridgehead atoms. The van der Waals surface area contributed by atoms with Crippen molar-refractivity contribution >= 4 is 10.8 Å². The van der Waals surface area contributed by atoms with Crippen LogP contribution < -0.4 is 0 Å². The van der Waals surface area contributed by atoms with E-state index in [0.717, 1.165) is 16.0 Å². The van der Waals surface area contributed by atoms with Crippen molar-refractivity contribution in [2.75, 3.05) is 6.26 Å². The molecule has 0 saturated heterocycles. The van der Waals surface area contributed by atoms with Gasteiger partial charge in [-0.2, -0.15) is 0 Å². The second kappa shape index (κ2) is 6.77. The monoisotopic (exact) mass is 448 g/mol. The Hall–Kier alpha value is -2.97. The maximum absolute atomic E-state index is 12.4. The first kappa shape index (κ1) is 20.6. The summed E-state index contributed by atoms with van der Waals surface area (Å²) in [5, 5.41) is 0. The van der Waals surface area contributed by atoms with Crippen LogP contribution in [0.4, 0.5) is 0 Å². The fraction of sp³-hybridized carbons (Fsp3) is 0.226. The van der Waals surface area contributed by atoms with Crippen molar-refractivity contribution in [2.24, 2.45) is 0 Å². The Bertz CT molecular complexity index is 1490. The van der Waals surface area contributed by atoms with Gasteiger partial charge in [-0.15, -0.1) is 0 Å². The van der Waals surface area contributed by atoms with Crippen LogP contribution in [0.15, 0.2) is 83.8 Å². The van der Waals surface area contributed by atoms with Crippen molar-refractivity contribution in [1.82, 2.24) is 0 Å². The summed E-state index contributed by atoms with van der Waals surface area (Å²) in [5.41, 5.74) is 13.2. The zero-order valence-electron chi connectivity index (χ0n) is 19.8. The fourth-order valence-electron chi connectivity index (χ4n) is 6.30. The Labute approximate surface area is 199 Å². The van der Waals surface area contributed by atoms with E-state index in [9.17, 15) is 4.21 Å². The molecule has 1 nitrogen and oxygen atoms in total. The zero-order valence-corrected chi connectivity index (χ0v) is 20.6. The summed E-state index contributed by atoms with van der Waals surface area (Å²) in [5.74, 6) is 0. The molecule has 4 aromatic carbocycles. The fourth-order valence-corrected chi connectivity index (χ4v) is 7.07. The van der Waals surface area contributed by atoms with Crippen LogP contribution in [-0.4, -0.2) is 10.5 Å². The van der Waals surface area contributed by atoms with Crippen molar-refractivity contribution in [3.05, 3.63) is 101 Å². The average molecular weight is 449 g/mol. The summed E-state index contributed by atoms with van der Waals surface area (Å²) in [6, 6.07) is 28.4. The van der Waals surface area contributed by atoms with Gasteiger partial charge in [0.15, 0.2) is 0 Å². The van der Waals surface area contributed by atoms with Gasteiger partial charge < -0.3 is 0 Å². The van der Waals surface area contributed by atoms with Crippen molar-refractivity contribution in [1.29, 1.82) is 0 Å². The van der Waals surface area contributed by atoms with E-state index in [1.54, 1.807) is 6.26 Å². The summed E-state index contributed by atoms with van der Waals surface area (Å²) in [4.78, 5) is 0.892. The molecule has 164 valence electrons. The summed E-state index contributed by atoms with van der Waals surface area (Å²) < 4.78 is 12.4. The number of rotatable bonds is 2. The van der Waals surface area contributed by atoms with Crippen LogP contribution in [0.1, 0.15) is 49.9 Å². The first-order chi connectivity index (χ1) is 15.7. The lowest BCUT2D eigenvalue weighted by atomic mass is 9.72. The highest BCUT2D eigenvalue weighted by Gasteiger charge is 2.45. The van der Waals surface area contributed by atoms with Crippen molar-refractivity contribution in [3.8, 4) is 33.4 Å². The molecule has 2 heteroatoms. The van der Waals surface area contributed by atoms with Gasteiger partial charge in [-0.25, -0.2) is 0 Å². The molecule has 0 heterocycles. The first-order valence-electron chi connectivity index (χ1n) is 11.6. The second-order valence-electron chi connectivity index (χ2n) is 10.4. The Morgan fingerprint density at radius 3 is 1.76 bits per heavy atom. The SMILES string of the molecule is CS(=O)c1ccccc1-c1ccc2c(c1)C(C)(C)c1c-2ccc2c1C(C)(C)c1ccccc1-2. The van der Waals surface area contributed by atoms with Crippen molar-refractivity contribution in [3.63, 3.8) is 0 Å². The Balaban J connectivity index is 1.59. The van der Waals surface area contributed by atoms with Crippen LogP contribution in [0.5, 0.6) is 0 Å². The number of hydrogen-bond donors (Lipinski definition) is 0. The van der Waals surface area contributed by atoms with Gasteiger partial charge in [0.25, 0.3) is 0 Å². The normalized spacial score (nSPS) is 17.1. The lowest BCUT2D eigenvalue weighted by Crippen LogP contribution is -2.24. The molecule has 6 rings (SSSR count). The van der Waals surface area contributed by atoms with E-state index in [0.29, 0.717) is 0 Å². The van der Waals surface area contributed by atoms with Crippen molar-refractivity contribution in [2.45, 2.75) is 43.4 Å². The number of benzene rings is 4. The minimum absolute atomic E-state index is 0.0366. The molecule has 4 aromatic rings. The summed E-state index contributed by atoms with van der Waals surface area (Å²) in [7, 11) is -1.03. The van der Waals surface area contributed by atoms with E-state index >= 15 is 0 Å². The lowest BCUT2D eigenvalue weighted by Gasteiger charge is -2.30. The van der Waals surface area contributed by atoms with Gasteiger partial charge in [-0.1, -0.05) is 94.4 Å². The Kier molecular flexibility index (Phi) is 4.23. The van der Waals surface area contributed by atoms with E-state index < -0.39 is 10.8 Å². The highest BCUT2D eigenvalue weighted by Crippen LogP contribution is 2.59. The standard InChI is InChI=1S/C31H28OS/c1-30(2)25-12-8-6-11-21(25)23-16-17-24-22-15-14-19(20-10-7-9-13-27(20)33(5)32)18-26(22)31(3,4)29(24)28(23)30/h6-18H,1-5H3. The predicted octanol–water partition coefficient (Wildman–Crippen LogP) is 7.70. The van der Waals surface area contributed by atoms with Crippen LogP contribution in [-0.2, 0) is 21.6 Å². The molecular formula is C31H28OS. The van der Waals surface area contributed by atoms with E-state index in [1.165, 1.54) is 44.5 Å². The van der Waals surface area contributed by atoms with Crippen LogP contribution in [0.2, 0.25) is 0 Å². The van der Waals surface area contributed by atoms with Crippen LogP contribution in [0.25, 0.3) is 33.4 Å². The molecule has 0 spiro atoms. The van der Waals surface area contributed by atoms with Gasteiger partial charge in [0.05, 0.1) is 10.8 Å². The average Bonchev–Trinajstić information content (AvgIpc) is 3.18. The predicted molar refractivity (Wildman–Crippen MR) is 139 cm³/mol. The molecule has 0 aromatic heterocycles. The minimum atomic E-state index is -1.03. The minimum Gasteiger partial charge on any atom is -0.255 e. The molecule has 0 N–H and O–H groups in total. The smallest absolute Gasteiger partial charge is 0.0504 e. The molecule has 0 fully saturated rings. The highest BCUT2D eigenvalue weighted by atomic mass is 32.2. The van der Waals surface area contributed by atoms with Gasteiger partial charge >= 0.3 is 0 Å². The molecule has 33 heavy (non-hydrogen) atoms. The molecule has 2 aliphatic carbocycles. The van der Waals surface area contributed by atoms with E-state index in [4.69, 9.17) is 0 Å². The van der Waals surface area contributed by atoms with Crippen LogP contribution in [0, 0.1) is 0 Å². The third kappa shape index (κ3) is 2.68. The number of fused-ring (bicyclic) bond motifs is 7. The lowest BCUT2D eigenvalue weighted by molar-refractivity contribution is 0.601. The quantitative estimate of drug-likeness (QED) is 0.307. The molecule has 2 aliphatic rings. The zero-order chi connectivity index (χ0) is 23.1. The summed E-state index contributed by atoms with van der Waals surface area (Å²) in [6.07, 6.45) is 1.76. The van der Waals surface area contributed by atoms with E-state index in [-0.39, 0.29) is 10.8 Å². The Morgan fingerprint density at radius 2 is 1.09 bits per heavy atom. The van der Waals surface area contributed by atoms with Gasteiger partial charge in [-0.05, 0) is 67.8 Å². The maximum Gasteiger partial charge on any atom is 0.0504 e. The van der Waals surface area contributed by atoms with Gasteiger partial charge in [0, 0.05) is 22.0 Å². The number of hydrogen-bond acceptors (Lipinski definition) is 1. The molecule has 0 aliphatic heterocycles. The third-order valence-electron chi connectivity index (χ3n) is 7.84. The van der Waals surface area contributed by atoms with Gasteiger partial charge in [0.2, 0.25) is 0 Å². The maximum atomic E-state index is 12.4. The Morgan fingerprint density at radius 1 is 0.576 bits per heavy atom. The molecular weight excluding hydrogens is 420 g/mol. The highest BCUT2D eigenvalue weighted by molar-refractivity contribution is 7.84. The van der Waals surface area contributed by atoms with Gasteiger partial charge in [-0.3, -0.25) is 4.21 Å². The molecule has 0 saturated carbocycles. The van der Waals surface area contributed by atoms with Gasteiger partial charge in [0.1, 0.15) is 0 Å². The topological polar surface area (TPSA) is 17.1 Å². The van der Waals surface area contributed by atoms with E-state index in [1.807, 2.05) is 18.2 Å². The van der Waals surface area contributed by atoms with Crippen LogP contribution in [0.3, 0.4) is 0 Å². The van der Waals surface area contributed by atoms with Crippen LogP contribution >= 0.6 is 0 Å². The first-order valence-corrected chi connectivity index (χ1v) is 13.1. The molecule has 1 atom stereocenters. The second-order valence-corrected chi connectivity index (χ2v) is 11.8.